The minimum absolute atomic E-state index is 0.108. The predicted octanol–water partition coefficient (Wildman–Crippen LogP) is 3.46. The Kier molecular flexibility index (Phi) is 5.97. The molecule has 2 aromatic rings. The highest BCUT2D eigenvalue weighted by Gasteiger charge is 2.34. The van der Waals surface area contributed by atoms with Crippen LogP contribution >= 0.6 is 23.6 Å². The van der Waals surface area contributed by atoms with Crippen molar-refractivity contribution in [2.24, 2.45) is 0 Å². The quantitative estimate of drug-likeness (QED) is 0.715. The molecule has 0 aliphatic rings. The maximum absolute atomic E-state index is 12.9. The fraction of sp³-hybridized carbons (Fsp3) is 0.267. The van der Waals surface area contributed by atoms with Gasteiger partial charge >= 0.3 is 6.18 Å². The van der Waals surface area contributed by atoms with E-state index in [1.54, 1.807) is 11.3 Å². The van der Waals surface area contributed by atoms with Gasteiger partial charge in [-0.05, 0) is 35.3 Å². The van der Waals surface area contributed by atoms with Crippen LogP contribution in [0.5, 0.6) is 0 Å². The number of halogens is 3. The Bertz CT molecular complexity index is 644. The van der Waals surface area contributed by atoms with Gasteiger partial charge in [0.05, 0.1) is 18.2 Å². The maximum atomic E-state index is 12.9. The molecule has 1 heterocycles. The van der Waals surface area contributed by atoms with E-state index in [1.165, 1.54) is 18.2 Å². The Morgan fingerprint density at radius 3 is 2.57 bits per heavy atom. The molecule has 3 nitrogen and oxygen atoms in total. The summed E-state index contributed by atoms with van der Waals surface area (Å²) in [5.41, 5.74) is -1.01. The first-order chi connectivity index (χ1) is 10.9. The molecule has 0 saturated heterocycles. The number of thiophene rings is 1. The van der Waals surface area contributed by atoms with Crippen molar-refractivity contribution < 1.29 is 18.3 Å². The Morgan fingerprint density at radius 1 is 1.17 bits per heavy atom. The second-order valence-electron chi connectivity index (χ2n) is 4.74. The molecule has 1 aromatic carbocycles. The lowest BCUT2D eigenvalue weighted by Gasteiger charge is -2.18. The average molecular weight is 360 g/mol. The lowest BCUT2D eigenvalue weighted by Crippen LogP contribution is -2.37. The molecule has 0 saturated carbocycles. The third-order valence-corrected chi connectivity index (χ3v) is 4.25. The molecule has 1 atom stereocenters. The summed E-state index contributed by atoms with van der Waals surface area (Å²) >= 11 is 6.62. The normalized spacial score (nSPS) is 12.7. The molecule has 2 rings (SSSR count). The Morgan fingerprint density at radius 2 is 1.91 bits per heavy atom. The Labute approximate surface area is 141 Å². The lowest BCUT2D eigenvalue weighted by atomic mass is 10.0. The van der Waals surface area contributed by atoms with E-state index >= 15 is 0 Å². The molecule has 1 aromatic heterocycles. The second kappa shape index (κ2) is 7.76. The van der Waals surface area contributed by atoms with E-state index in [0.29, 0.717) is 6.54 Å². The number of hydrogen-bond donors (Lipinski definition) is 3. The summed E-state index contributed by atoms with van der Waals surface area (Å²) in [5, 5.41) is 17.9. The topological polar surface area (TPSA) is 44.3 Å². The summed E-state index contributed by atoms with van der Waals surface area (Å²) in [4.78, 5) is 1.08. The molecule has 1 unspecified atom stereocenters. The van der Waals surface area contributed by atoms with Gasteiger partial charge in [0, 0.05) is 11.4 Å². The number of alkyl halides is 3. The van der Waals surface area contributed by atoms with E-state index in [4.69, 9.17) is 12.2 Å². The maximum Gasteiger partial charge on any atom is 0.416 e. The standard InChI is InChI=1S/C15H15F3N2OS2/c16-15(17,18)12-6-2-1-5-11(12)13(21)9-20-14(22)19-8-10-4-3-7-23-10/h1-7,13,21H,8-9H2,(H2,19,20,22). The molecule has 0 aliphatic heterocycles. The molecule has 0 aliphatic carbocycles. The number of hydrogen-bond acceptors (Lipinski definition) is 3. The first-order valence-electron chi connectivity index (χ1n) is 6.76. The summed E-state index contributed by atoms with van der Waals surface area (Å²) in [5.74, 6) is 0. The first kappa shape index (κ1) is 17.7. The van der Waals surface area contributed by atoms with Gasteiger partial charge in [0.1, 0.15) is 0 Å². The van der Waals surface area contributed by atoms with Crippen LogP contribution in [0, 0.1) is 0 Å². The second-order valence-corrected chi connectivity index (χ2v) is 6.18. The lowest BCUT2D eigenvalue weighted by molar-refractivity contribution is -0.139. The van der Waals surface area contributed by atoms with Gasteiger partial charge in [-0.1, -0.05) is 24.3 Å². The van der Waals surface area contributed by atoms with E-state index in [2.05, 4.69) is 10.6 Å². The summed E-state index contributed by atoms with van der Waals surface area (Å²) in [6.45, 7) is 0.419. The molecule has 0 fully saturated rings. The number of benzene rings is 1. The van der Waals surface area contributed by atoms with Gasteiger partial charge in [0.25, 0.3) is 0 Å². The molecular weight excluding hydrogens is 345 g/mol. The molecular formula is C15H15F3N2OS2. The van der Waals surface area contributed by atoms with Gasteiger partial charge in [0.15, 0.2) is 5.11 Å². The minimum Gasteiger partial charge on any atom is -0.387 e. The zero-order valence-corrected chi connectivity index (χ0v) is 13.6. The smallest absolute Gasteiger partial charge is 0.387 e. The van der Waals surface area contributed by atoms with E-state index in [1.807, 2.05) is 17.5 Å². The van der Waals surface area contributed by atoms with Crippen LogP contribution < -0.4 is 10.6 Å². The molecule has 0 radical (unpaired) electrons. The van der Waals surface area contributed by atoms with Crippen LogP contribution in [0.1, 0.15) is 22.1 Å². The number of thiocarbonyl (C=S) groups is 1. The van der Waals surface area contributed by atoms with Gasteiger partial charge < -0.3 is 15.7 Å². The zero-order chi connectivity index (χ0) is 16.9. The zero-order valence-electron chi connectivity index (χ0n) is 11.9. The molecule has 3 N–H and O–H groups in total. The van der Waals surface area contributed by atoms with Gasteiger partial charge in [-0.25, -0.2) is 0 Å². The minimum atomic E-state index is -4.50. The van der Waals surface area contributed by atoms with Crippen molar-refractivity contribution in [2.45, 2.75) is 18.8 Å². The van der Waals surface area contributed by atoms with Gasteiger partial charge in [-0.3, -0.25) is 0 Å². The fourth-order valence-electron chi connectivity index (χ4n) is 1.99. The van der Waals surface area contributed by atoms with Crippen LogP contribution in [0.2, 0.25) is 0 Å². The third-order valence-electron chi connectivity index (χ3n) is 3.08. The molecule has 0 amide bonds. The summed E-state index contributed by atoms with van der Waals surface area (Å²) in [6, 6.07) is 8.81. The van der Waals surface area contributed by atoms with Crippen LogP contribution in [0.25, 0.3) is 0 Å². The highest BCUT2D eigenvalue weighted by Crippen LogP contribution is 2.34. The van der Waals surface area contributed by atoms with Gasteiger partial charge in [-0.15, -0.1) is 11.3 Å². The average Bonchev–Trinajstić information content (AvgIpc) is 3.03. The van der Waals surface area contributed by atoms with Crippen molar-refractivity contribution in [1.29, 1.82) is 0 Å². The van der Waals surface area contributed by atoms with Crippen LogP contribution in [0.3, 0.4) is 0 Å². The van der Waals surface area contributed by atoms with Crippen molar-refractivity contribution in [1.82, 2.24) is 10.6 Å². The monoisotopic (exact) mass is 360 g/mol. The van der Waals surface area contributed by atoms with Crippen molar-refractivity contribution in [3.05, 3.63) is 57.8 Å². The van der Waals surface area contributed by atoms with Crippen LogP contribution in [-0.2, 0) is 12.7 Å². The van der Waals surface area contributed by atoms with E-state index < -0.39 is 17.8 Å². The highest BCUT2D eigenvalue weighted by molar-refractivity contribution is 7.80. The Balaban J connectivity index is 1.89. The number of aliphatic hydroxyl groups excluding tert-OH is 1. The third kappa shape index (κ3) is 5.19. The van der Waals surface area contributed by atoms with Crippen LogP contribution in [-0.4, -0.2) is 16.8 Å². The van der Waals surface area contributed by atoms with Crippen LogP contribution in [0.15, 0.2) is 41.8 Å². The van der Waals surface area contributed by atoms with Crippen molar-refractivity contribution in [2.75, 3.05) is 6.54 Å². The van der Waals surface area contributed by atoms with E-state index in [0.717, 1.165) is 10.9 Å². The molecule has 124 valence electrons. The van der Waals surface area contributed by atoms with Crippen molar-refractivity contribution in [3.8, 4) is 0 Å². The van der Waals surface area contributed by atoms with Crippen molar-refractivity contribution in [3.63, 3.8) is 0 Å². The van der Waals surface area contributed by atoms with Crippen molar-refractivity contribution >= 4 is 28.7 Å². The number of rotatable bonds is 5. The van der Waals surface area contributed by atoms with E-state index in [-0.39, 0.29) is 17.2 Å². The fourth-order valence-corrected chi connectivity index (χ4v) is 2.79. The van der Waals surface area contributed by atoms with Gasteiger partial charge in [0.2, 0.25) is 0 Å². The van der Waals surface area contributed by atoms with Crippen LogP contribution in [0.4, 0.5) is 13.2 Å². The highest BCUT2D eigenvalue weighted by atomic mass is 32.1. The largest absolute Gasteiger partial charge is 0.416 e. The Hall–Kier alpha value is -1.64. The number of aliphatic hydroxyl groups is 1. The molecule has 0 bridgehead atoms. The summed E-state index contributed by atoms with van der Waals surface area (Å²) < 4.78 is 38.8. The summed E-state index contributed by atoms with van der Waals surface area (Å²) in [6.07, 6.45) is -5.82. The SMILES string of the molecule is OC(CNC(=S)NCc1cccs1)c1ccccc1C(F)(F)F. The molecule has 0 spiro atoms. The first-order valence-corrected chi connectivity index (χ1v) is 8.05. The van der Waals surface area contributed by atoms with E-state index in [9.17, 15) is 18.3 Å². The molecule has 23 heavy (non-hydrogen) atoms. The summed E-state index contributed by atoms with van der Waals surface area (Å²) in [7, 11) is 0. The predicted molar refractivity (Wildman–Crippen MR) is 88.2 cm³/mol. The van der Waals surface area contributed by atoms with Gasteiger partial charge in [-0.2, -0.15) is 13.2 Å². The molecule has 8 heteroatoms. The number of nitrogens with one attached hydrogen (secondary N) is 2.